The Balaban J connectivity index is 1.99. The van der Waals surface area contributed by atoms with Gasteiger partial charge in [0.05, 0.1) is 5.69 Å². The summed E-state index contributed by atoms with van der Waals surface area (Å²) >= 11 is 3.45. The minimum absolute atomic E-state index is 0.0971. The number of benzene rings is 2. The van der Waals surface area contributed by atoms with Gasteiger partial charge in [-0.3, -0.25) is 4.79 Å². The van der Waals surface area contributed by atoms with E-state index in [2.05, 4.69) is 46.6 Å². The highest BCUT2D eigenvalue weighted by Crippen LogP contribution is 2.27. The van der Waals surface area contributed by atoms with E-state index in [1.54, 1.807) is 0 Å². The first kappa shape index (κ1) is 15.8. The fourth-order valence-electron chi connectivity index (χ4n) is 2.96. The van der Waals surface area contributed by atoms with Crippen LogP contribution in [0.25, 0.3) is 10.9 Å². The lowest BCUT2D eigenvalue weighted by Gasteiger charge is -2.08. The number of nitrogens with zero attached hydrogens (tertiary/aromatic N) is 1. The molecule has 0 aliphatic rings. The molecule has 0 spiro atoms. The van der Waals surface area contributed by atoms with Gasteiger partial charge in [0.25, 0.3) is 5.91 Å². The van der Waals surface area contributed by atoms with Crippen LogP contribution in [0.1, 0.15) is 28.5 Å². The van der Waals surface area contributed by atoms with Crippen molar-refractivity contribution in [2.45, 2.75) is 27.3 Å². The van der Waals surface area contributed by atoms with Gasteiger partial charge in [0.1, 0.15) is 0 Å². The van der Waals surface area contributed by atoms with Crippen molar-refractivity contribution in [1.29, 1.82) is 0 Å². The summed E-state index contributed by atoms with van der Waals surface area (Å²) in [5, 5.41) is 4.10. The molecular weight excluding hydrogens is 352 g/mol. The van der Waals surface area contributed by atoms with E-state index in [1.807, 2.05) is 42.5 Å². The Morgan fingerprint density at radius 2 is 1.91 bits per heavy atom. The number of nitrogens with one attached hydrogen (secondary N) is 1. The second kappa shape index (κ2) is 6.20. The molecule has 1 N–H and O–H groups in total. The SMILES string of the molecule is CCn1c(C)c(C)c2cc(C(=O)Nc3ccccc3Br)ccc21. The molecule has 0 aliphatic heterocycles. The standard InChI is InChI=1S/C19H19BrN2O/c1-4-22-13(3)12(2)15-11-14(9-10-18(15)22)19(23)21-17-8-6-5-7-16(17)20/h5-11H,4H2,1-3H3,(H,21,23). The second-order valence-corrected chi connectivity index (χ2v) is 6.47. The molecule has 0 unspecified atom stereocenters. The Morgan fingerprint density at radius 1 is 1.17 bits per heavy atom. The zero-order valence-electron chi connectivity index (χ0n) is 13.5. The summed E-state index contributed by atoms with van der Waals surface area (Å²) in [5.74, 6) is -0.0971. The van der Waals surface area contributed by atoms with Crippen molar-refractivity contribution in [2.75, 3.05) is 5.32 Å². The maximum absolute atomic E-state index is 12.5. The monoisotopic (exact) mass is 370 g/mol. The molecule has 0 aliphatic carbocycles. The number of anilines is 1. The van der Waals surface area contributed by atoms with Crippen LogP contribution in [0.15, 0.2) is 46.9 Å². The number of rotatable bonds is 3. The topological polar surface area (TPSA) is 34.0 Å². The molecule has 0 radical (unpaired) electrons. The van der Waals surface area contributed by atoms with Crippen LogP contribution in [0.5, 0.6) is 0 Å². The van der Waals surface area contributed by atoms with Crippen LogP contribution in [0.3, 0.4) is 0 Å². The van der Waals surface area contributed by atoms with Gasteiger partial charge in [0.15, 0.2) is 0 Å². The van der Waals surface area contributed by atoms with E-state index >= 15 is 0 Å². The minimum Gasteiger partial charge on any atom is -0.345 e. The van der Waals surface area contributed by atoms with Crippen molar-refractivity contribution >= 4 is 38.4 Å². The maximum atomic E-state index is 12.5. The average molecular weight is 371 g/mol. The molecule has 1 amide bonds. The number of carbonyl (C=O) groups excluding carboxylic acids is 1. The smallest absolute Gasteiger partial charge is 0.255 e. The summed E-state index contributed by atoms with van der Waals surface area (Å²) in [6.07, 6.45) is 0. The van der Waals surface area contributed by atoms with Crippen molar-refractivity contribution in [3.63, 3.8) is 0 Å². The number of hydrogen-bond acceptors (Lipinski definition) is 1. The minimum atomic E-state index is -0.0971. The summed E-state index contributed by atoms with van der Waals surface area (Å²) in [5.41, 5.74) is 5.12. The molecule has 1 heterocycles. The van der Waals surface area contributed by atoms with Gasteiger partial charge in [-0.05, 0) is 72.6 Å². The van der Waals surface area contributed by atoms with Crippen molar-refractivity contribution < 1.29 is 4.79 Å². The van der Waals surface area contributed by atoms with E-state index in [-0.39, 0.29) is 5.91 Å². The Bertz CT molecular complexity index is 896. The van der Waals surface area contributed by atoms with Gasteiger partial charge in [-0.25, -0.2) is 0 Å². The van der Waals surface area contributed by atoms with Crippen LogP contribution >= 0.6 is 15.9 Å². The van der Waals surface area contributed by atoms with Crippen LogP contribution in [-0.4, -0.2) is 10.5 Å². The van der Waals surface area contributed by atoms with Gasteiger partial charge in [0.2, 0.25) is 0 Å². The normalized spacial score (nSPS) is 11.0. The quantitative estimate of drug-likeness (QED) is 0.667. The first-order chi connectivity index (χ1) is 11.0. The van der Waals surface area contributed by atoms with Crippen molar-refractivity contribution in [3.05, 3.63) is 63.8 Å². The third kappa shape index (κ3) is 2.79. The first-order valence-corrected chi connectivity index (χ1v) is 8.47. The first-order valence-electron chi connectivity index (χ1n) is 7.68. The zero-order valence-corrected chi connectivity index (χ0v) is 15.1. The van der Waals surface area contributed by atoms with Gasteiger partial charge < -0.3 is 9.88 Å². The summed E-state index contributed by atoms with van der Waals surface area (Å²) in [4.78, 5) is 12.5. The highest BCUT2D eigenvalue weighted by Gasteiger charge is 2.13. The number of carbonyl (C=O) groups is 1. The molecule has 118 valence electrons. The van der Waals surface area contributed by atoms with Crippen LogP contribution in [-0.2, 0) is 6.54 Å². The Morgan fingerprint density at radius 3 is 2.61 bits per heavy atom. The highest BCUT2D eigenvalue weighted by atomic mass is 79.9. The summed E-state index contributed by atoms with van der Waals surface area (Å²) in [6.45, 7) is 7.30. The molecule has 0 bridgehead atoms. The molecule has 0 saturated carbocycles. The van der Waals surface area contributed by atoms with Gasteiger partial charge in [-0.1, -0.05) is 12.1 Å². The molecule has 3 rings (SSSR count). The third-order valence-electron chi connectivity index (χ3n) is 4.34. The molecule has 3 aromatic rings. The van der Waals surface area contributed by atoms with Gasteiger partial charge in [0, 0.05) is 33.2 Å². The van der Waals surface area contributed by atoms with Gasteiger partial charge in [-0.15, -0.1) is 0 Å². The molecule has 4 heteroatoms. The molecular formula is C19H19BrN2O. The summed E-state index contributed by atoms with van der Waals surface area (Å²) < 4.78 is 3.15. The maximum Gasteiger partial charge on any atom is 0.255 e. The third-order valence-corrected chi connectivity index (χ3v) is 5.03. The molecule has 3 nitrogen and oxygen atoms in total. The fourth-order valence-corrected chi connectivity index (χ4v) is 3.34. The van der Waals surface area contributed by atoms with Crippen LogP contribution in [0.2, 0.25) is 0 Å². The molecule has 0 atom stereocenters. The van der Waals surface area contributed by atoms with E-state index in [9.17, 15) is 4.79 Å². The molecule has 1 aromatic heterocycles. The predicted molar refractivity (Wildman–Crippen MR) is 99.2 cm³/mol. The average Bonchev–Trinajstić information content (AvgIpc) is 2.80. The number of aromatic nitrogens is 1. The van der Waals surface area contributed by atoms with Crippen LogP contribution < -0.4 is 5.32 Å². The lowest BCUT2D eigenvalue weighted by atomic mass is 10.1. The summed E-state index contributed by atoms with van der Waals surface area (Å²) in [6, 6.07) is 13.5. The van der Waals surface area contributed by atoms with E-state index < -0.39 is 0 Å². The predicted octanol–water partition coefficient (Wildman–Crippen LogP) is 5.29. The van der Waals surface area contributed by atoms with E-state index in [4.69, 9.17) is 0 Å². The molecule has 2 aromatic carbocycles. The second-order valence-electron chi connectivity index (χ2n) is 5.62. The van der Waals surface area contributed by atoms with Crippen molar-refractivity contribution in [1.82, 2.24) is 4.57 Å². The number of para-hydroxylation sites is 1. The van der Waals surface area contributed by atoms with Crippen molar-refractivity contribution in [3.8, 4) is 0 Å². The summed E-state index contributed by atoms with van der Waals surface area (Å²) in [7, 11) is 0. The lowest BCUT2D eigenvalue weighted by Crippen LogP contribution is -2.12. The van der Waals surface area contributed by atoms with E-state index in [0.717, 1.165) is 22.1 Å². The molecule has 0 fully saturated rings. The Hall–Kier alpha value is -2.07. The number of aryl methyl sites for hydroxylation is 2. The van der Waals surface area contributed by atoms with Crippen LogP contribution in [0, 0.1) is 13.8 Å². The number of hydrogen-bond donors (Lipinski definition) is 1. The Labute approximate surface area is 144 Å². The molecule has 0 saturated heterocycles. The number of halogens is 1. The number of amides is 1. The van der Waals surface area contributed by atoms with Gasteiger partial charge >= 0.3 is 0 Å². The van der Waals surface area contributed by atoms with E-state index in [1.165, 1.54) is 16.8 Å². The fraction of sp³-hybridized carbons (Fsp3) is 0.211. The van der Waals surface area contributed by atoms with Gasteiger partial charge in [-0.2, -0.15) is 0 Å². The van der Waals surface area contributed by atoms with Crippen molar-refractivity contribution in [2.24, 2.45) is 0 Å². The highest BCUT2D eigenvalue weighted by molar-refractivity contribution is 9.10. The van der Waals surface area contributed by atoms with Crippen LogP contribution in [0.4, 0.5) is 5.69 Å². The largest absolute Gasteiger partial charge is 0.345 e. The number of fused-ring (bicyclic) bond motifs is 1. The zero-order chi connectivity index (χ0) is 16.6. The molecule has 23 heavy (non-hydrogen) atoms. The lowest BCUT2D eigenvalue weighted by molar-refractivity contribution is 0.102. The van der Waals surface area contributed by atoms with E-state index in [0.29, 0.717) is 5.56 Å². The Kier molecular flexibility index (Phi) is 4.26.